The molecule has 154 valence electrons. The molecule has 2 atom stereocenters. The van der Waals surface area contributed by atoms with Crippen molar-refractivity contribution < 1.29 is 14.3 Å². The zero-order valence-corrected chi connectivity index (χ0v) is 16.4. The highest BCUT2D eigenvalue weighted by atomic mass is 16.5. The van der Waals surface area contributed by atoms with E-state index in [4.69, 9.17) is 4.74 Å². The van der Waals surface area contributed by atoms with Crippen molar-refractivity contribution >= 4 is 11.8 Å². The number of morpholine rings is 1. The minimum absolute atomic E-state index is 0.00438. The van der Waals surface area contributed by atoms with Gasteiger partial charge in [0.1, 0.15) is 6.54 Å². The maximum Gasteiger partial charge on any atom is 0.242 e. The molecule has 0 bridgehead atoms. The molecular formula is C19H25N7O3. The highest BCUT2D eigenvalue weighted by molar-refractivity contribution is 5.81. The number of benzene rings is 1. The Bertz CT molecular complexity index is 850. The third-order valence-electron chi connectivity index (χ3n) is 5.33. The van der Waals surface area contributed by atoms with E-state index in [0.29, 0.717) is 32.0 Å². The SMILES string of the molecule is CN1CC(NC(=O)Cn2nnnc2C(c2ccccc2)N2CCOCC2)CC1=O. The maximum absolute atomic E-state index is 12.6. The number of likely N-dealkylation sites (N-methyl/N-ethyl adjacent to an activating group) is 1. The fourth-order valence-corrected chi connectivity index (χ4v) is 3.88. The van der Waals surface area contributed by atoms with Gasteiger partial charge < -0.3 is 15.0 Å². The molecule has 29 heavy (non-hydrogen) atoms. The van der Waals surface area contributed by atoms with Gasteiger partial charge in [0, 0.05) is 33.1 Å². The van der Waals surface area contributed by atoms with Crippen LogP contribution in [0.2, 0.25) is 0 Å². The predicted octanol–water partition coefficient (Wildman–Crippen LogP) is -0.558. The normalized spacial score (nSPS) is 21.3. The smallest absolute Gasteiger partial charge is 0.242 e. The average molecular weight is 399 g/mol. The largest absolute Gasteiger partial charge is 0.379 e. The van der Waals surface area contributed by atoms with Gasteiger partial charge in [0.25, 0.3) is 0 Å². The number of carbonyl (C=O) groups is 2. The second-order valence-electron chi connectivity index (χ2n) is 7.40. The molecule has 1 aromatic carbocycles. The molecule has 0 saturated carbocycles. The second-order valence-corrected chi connectivity index (χ2v) is 7.40. The van der Waals surface area contributed by atoms with Crippen LogP contribution in [-0.2, 0) is 20.9 Å². The Morgan fingerprint density at radius 3 is 2.72 bits per heavy atom. The summed E-state index contributed by atoms with van der Waals surface area (Å²) in [7, 11) is 1.74. The molecule has 1 aromatic heterocycles. The van der Waals surface area contributed by atoms with Crippen LogP contribution in [0.15, 0.2) is 30.3 Å². The number of amides is 2. The zero-order chi connectivity index (χ0) is 20.2. The first-order chi connectivity index (χ1) is 14.1. The van der Waals surface area contributed by atoms with Crippen LogP contribution in [0.25, 0.3) is 0 Å². The van der Waals surface area contributed by atoms with E-state index in [1.165, 1.54) is 0 Å². The van der Waals surface area contributed by atoms with Crippen LogP contribution in [0, 0.1) is 0 Å². The molecular weight excluding hydrogens is 374 g/mol. The number of likely N-dealkylation sites (tertiary alicyclic amines) is 1. The molecule has 2 unspecified atom stereocenters. The summed E-state index contributed by atoms with van der Waals surface area (Å²) in [6.45, 7) is 3.34. The fourth-order valence-electron chi connectivity index (χ4n) is 3.88. The van der Waals surface area contributed by atoms with Crippen molar-refractivity contribution in [3.8, 4) is 0 Å². The lowest BCUT2D eigenvalue weighted by Gasteiger charge is -2.33. The van der Waals surface area contributed by atoms with Crippen molar-refractivity contribution in [3.05, 3.63) is 41.7 Å². The summed E-state index contributed by atoms with van der Waals surface area (Å²) in [5.41, 5.74) is 1.06. The number of nitrogens with zero attached hydrogens (tertiary/aromatic N) is 6. The van der Waals surface area contributed by atoms with Crippen LogP contribution >= 0.6 is 0 Å². The number of carbonyl (C=O) groups excluding carboxylic acids is 2. The van der Waals surface area contributed by atoms with Crippen molar-refractivity contribution in [3.63, 3.8) is 0 Å². The Morgan fingerprint density at radius 2 is 2.03 bits per heavy atom. The van der Waals surface area contributed by atoms with Crippen LogP contribution < -0.4 is 5.32 Å². The highest BCUT2D eigenvalue weighted by Crippen LogP contribution is 2.27. The van der Waals surface area contributed by atoms with E-state index in [0.717, 1.165) is 18.7 Å². The zero-order valence-electron chi connectivity index (χ0n) is 16.4. The van der Waals surface area contributed by atoms with E-state index in [-0.39, 0.29) is 30.4 Å². The van der Waals surface area contributed by atoms with Crippen molar-refractivity contribution in [1.82, 2.24) is 35.3 Å². The van der Waals surface area contributed by atoms with Gasteiger partial charge in [-0.25, -0.2) is 4.68 Å². The van der Waals surface area contributed by atoms with Crippen molar-refractivity contribution in [2.24, 2.45) is 0 Å². The Kier molecular flexibility index (Phi) is 5.81. The van der Waals surface area contributed by atoms with Gasteiger partial charge in [-0.3, -0.25) is 14.5 Å². The summed E-state index contributed by atoms with van der Waals surface area (Å²) < 4.78 is 7.04. The van der Waals surface area contributed by atoms with Gasteiger partial charge >= 0.3 is 0 Å². The van der Waals surface area contributed by atoms with E-state index in [2.05, 4.69) is 25.7 Å². The fraction of sp³-hybridized carbons (Fsp3) is 0.526. The number of hydrogen-bond acceptors (Lipinski definition) is 7. The molecule has 2 fully saturated rings. The lowest BCUT2D eigenvalue weighted by molar-refractivity contribution is -0.126. The van der Waals surface area contributed by atoms with E-state index in [1.54, 1.807) is 16.6 Å². The van der Waals surface area contributed by atoms with Gasteiger partial charge in [0.05, 0.1) is 25.3 Å². The van der Waals surface area contributed by atoms with E-state index in [1.807, 2.05) is 30.3 Å². The number of ether oxygens (including phenoxy) is 1. The summed E-state index contributed by atoms with van der Waals surface area (Å²) in [5, 5.41) is 15.1. The molecule has 4 rings (SSSR count). The molecule has 0 spiro atoms. The third kappa shape index (κ3) is 4.43. The van der Waals surface area contributed by atoms with Gasteiger partial charge in [-0.2, -0.15) is 0 Å². The van der Waals surface area contributed by atoms with Crippen molar-refractivity contribution in [2.75, 3.05) is 39.9 Å². The average Bonchev–Trinajstić information content (AvgIpc) is 3.29. The molecule has 10 nitrogen and oxygen atoms in total. The first-order valence-electron chi connectivity index (χ1n) is 9.78. The maximum atomic E-state index is 12.6. The Labute approximate surface area is 168 Å². The molecule has 3 heterocycles. The van der Waals surface area contributed by atoms with Crippen molar-refractivity contribution in [2.45, 2.75) is 25.0 Å². The predicted molar refractivity (Wildman–Crippen MR) is 103 cm³/mol. The van der Waals surface area contributed by atoms with Gasteiger partial charge in [-0.1, -0.05) is 30.3 Å². The van der Waals surface area contributed by atoms with Crippen LogP contribution in [0.4, 0.5) is 0 Å². The standard InChI is InChI=1S/C19H25N7O3/c1-24-12-15(11-17(24)28)20-16(27)13-26-19(21-22-23-26)18(14-5-3-2-4-6-14)25-7-9-29-10-8-25/h2-6,15,18H,7-13H2,1H3,(H,20,27). The molecule has 2 saturated heterocycles. The number of nitrogens with one attached hydrogen (secondary N) is 1. The van der Waals surface area contributed by atoms with Crippen LogP contribution in [0.3, 0.4) is 0 Å². The van der Waals surface area contributed by atoms with Crippen LogP contribution in [0.5, 0.6) is 0 Å². The molecule has 10 heteroatoms. The molecule has 2 amide bonds. The lowest BCUT2D eigenvalue weighted by Crippen LogP contribution is -2.42. The third-order valence-corrected chi connectivity index (χ3v) is 5.33. The quantitative estimate of drug-likeness (QED) is 0.694. The highest BCUT2D eigenvalue weighted by Gasteiger charge is 2.31. The van der Waals surface area contributed by atoms with Gasteiger partial charge in [-0.15, -0.1) is 5.10 Å². The van der Waals surface area contributed by atoms with Crippen LogP contribution in [0.1, 0.15) is 23.9 Å². The number of rotatable bonds is 6. The Hall–Kier alpha value is -2.85. The topological polar surface area (TPSA) is 105 Å². The number of aromatic nitrogens is 4. The Morgan fingerprint density at radius 1 is 1.28 bits per heavy atom. The summed E-state index contributed by atoms with van der Waals surface area (Å²) in [6.07, 6.45) is 0.325. The first-order valence-corrected chi connectivity index (χ1v) is 9.78. The lowest BCUT2D eigenvalue weighted by atomic mass is 10.0. The minimum Gasteiger partial charge on any atom is -0.379 e. The molecule has 2 aliphatic rings. The summed E-state index contributed by atoms with van der Waals surface area (Å²) in [6, 6.07) is 9.68. The van der Waals surface area contributed by atoms with E-state index >= 15 is 0 Å². The van der Waals surface area contributed by atoms with Gasteiger partial charge in [-0.05, 0) is 16.0 Å². The van der Waals surface area contributed by atoms with Crippen LogP contribution in [-0.4, -0.2) is 87.8 Å². The second kappa shape index (κ2) is 8.66. The first kappa shape index (κ1) is 19.5. The number of tetrazole rings is 1. The summed E-state index contributed by atoms with van der Waals surface area (Å²) >= 11 is 0. The minimum atomic E-state index is -0.208. The van der Waals surface area contributed by atoms with E-state index in [9.17, 15) is 9.59 Å². The Balaban J connectivity index is 1.52. The monoisotopic (exact) mass is 399 g/mol. The molecule has 0 radical (unpaired) electrons. The summed E-state index contributed by atoms with van der Waals surface area (Å²) in [5.74, 6) is 0.447. The van der Waals surface area contributed by atoms with Crippen molar-refractivity contribution in [1.29, 1.82) is 0 Å². The number of hydrogen-bond donors (Lipinski definition) is 1. The molecule has 0 aliphatic carbocycles. The molecule has 2 aromatic rings. The molecule has 2 aliphatic heterocycles. The molecule has 1 N–H and O–H groups in total. The van der Waals surface area contributed by atoms with Gasteiger partial charge in [0.15, 0.2) is 5.82 Å². The van der Waals surface area contributed by atoms with Gasteiger partial charge in [0.2, 0.25) is 11.8 Å². The summed E-state index contributed by atoms with van der Waals surface area (Å²) in [4.78, 5) is 28.1. The van der Waals surface area contributed by atoms with E-state index < -0.39 is 0 Å².